The highest BCUT2D eigenvalue weighted by Gasteiger charge is 2.32. The molecule has 2 amide bonds. The van der Waals surface area contributed by atoms with Gasteiger partial charge in [0, 0.05) is 12.6 Å². The van der Waals surface area contributed by atoms with Gasteiger partial charge in [-0.3, -0.25) is 13.9 Å². The molecule has 0 aromatic heterocycles. The quantitative estimate of drug-likeness (QED) is 0.381. The molecule has 0 aliphatic carbocycles. The summed E-state index contributed by atoms with van der Waals surface area (Å²) in [6, 6.07) is 22.0. The lowest BCUT2D eigenvalue weighted by Gasteiger charge is -2.32. The van der Waals surface area contributed by atoms with Crippen molar-refractivity contribution in [2.75, 3.05) is 10.8 Å². The Hall–Kier alpha value is -3.65. The molecular weight excluding hydrogens is 498 g/mol. The second kappa shape index (κ2) is 12.7. The van der Waals surface area contributed by atoms with Crippen LogP contribution in [0.2, 0.25) is 0 Å². The number of carbonyl (C=O) groups excluding carboxylic acids is 2. The summed E-state index contributed by atoms with van der Waals surface area (Å²) in [5, 5.41) is 2.94. The van der Waals surface area contributed by atoms with E-state index in [0.29, 0.717) is 5.69 Å². The van der Waals surface area contributed by atoms with Crippen LogP contribution in [-0.2, 0) is 26.2 Å². The topological polar surface area (TPSA) is 86.8 Å². The number of carbonyl (C=O) groups is 2. The highest BCUT2D eigenvalue weighted by Crippen LogP contribution is 2.25. The fourth-order valence-corrected chi connectivity index (χ4v) is 5.32. The maximum absolute atomic E-state index is 13.9. The number of anilines is 1. The van der Waals surface area contributed by atoms with Crippen molar-refractivity contribution in [2.24, 2.45) is 0 Å². The summed E-state index contributed by atoms with van der Waals surface area (Å²) >= 11 is 0. The van der Waals surface area contributed by atoms with Crippen LogP contribution in [0.4, 0.5) is 5.69 Å². The van der Waals surface area contributed by atoms with Crippen LogP contribution in [0.3, 0.4) is 0 Å². The smallest absolute Gasteiger partial charge is 0.264 e. The lowest BCUT2D eigenvalue weighted by Crippen LogP contribution is -2.52. The SMILES string of the molecule is CC[C@@H](C)NC(=O)[C@@H](C)N(Cc1ccccc1)C(=O)CN(c1ccc(C)cc1)S(=O)(=O)c1ccc(C)cc1. The number of amides is 2. The summed E-state index contributed by atoms with van der Waals surface area (Å²) in [4.78, 5) is 28.5. The summed E-state index contributed by atoms with van der Waals surface area (Å²) in [6.45, 7) is 9.05. The minimum Gasteiger partial charge on any atom is -0.352 e. The number of nitrogens with one attached hydrogen (secondary N) is 1. The van der Waals surface area contributed by atoms with E-state index in [0.717, 1.165) is 27.4 Å². The molecule has 0 aliphatic rings. The fourth-order valence-electron chi connectivity index (χ4n) is 3.91. The van der Waals surface area contributed by atoms with Gasteiger partial charge in [-0.2, -0.15) is 0 Å². The molecule has 7 nitrogen and oxygen atoms in total. The second-order valence-electron chi connectivity index (χ2n) is 9.66. The standard InChI is InChI=1S/C30H37N3O4S/c1-6-24(4)31-30(35)25(5)32(20-26-10-8-7-9-11-26)29(34)21-33(27-16-12-22(2)13-17-27)38(36,37)28-18-14-23(3)15-19-28/h7-19,24-25H,6,20-21H2,1-5H3,(H,31,35)/t24-,25-/m1/s1. The molecule has 2 atom stereocenters. The summed E-state index contributed by atoms with van der Waals surface area (Å²) in [7, 11) is -4.07. The Kier molecular flexibility index (Phi) is 9.69. The number of aryl methyl sites for hydroxylation is 2. The summed E-state index contributed by atoms with van der Waals surface area (Å²) in [5.74, 6) is -0.760. The normalized spacial score (nSPS) is 12.9. The van der Waals surface area contributed by atoms with Gasteiger partial charge in [-0.15, -0.1) is 0 Å². The summed E-state index contributed by atoms with van der Waals surface area (Å²) < 4.78 is 28.7. The monoisotopic (exact) mass is 535 g/mol. The zero-order valence-corrected chi connectivity index (χ0v) is 23.5. The maximum atomic E-state index is 13.9. The van der Waals surface area contributed by atoms with Gasteiger partial charge in [0.2, 0.25) is 11.8 Å². The predicted molar refractivity (Wildman–Crippen MR) is 151 cm³/mol. The average molecular weight is 536 g/mol. The second-order valence-corrected chi connectivity index (χ2v) is 11.5. The molecule has 38 heavy (non-hydrogen) atoms. The van der Waals surface area contributed by atoms with Crippen molar-refractivity contribution in [3.8, 4) is 0 Å². The Morgan fingerprint density at radius 2 is 1.39 bits per heavy atom. The molecule has 3 aromatic carbocycles. The van der Waals surface area contributed by atoms with Crippen molar-refractivity contribution in [1.82, 2.24) is 10.2 Å². The first-order valence-electron chi connectivity index (χ1n) is 12.8. The Labute approximate surface area is 226 Å². The van der Waals surface area contributed by atoms with E-state index in [1.807, 2.05) is 58.0 Å². The first-order chi connectivity index (χ1) is 18.0. The Bertz CT molecular complexity index is 1320. The molecule has 3 rings (SSSR count). The molecule has 0 aliphatic heterocycles. The Morgan fingerprint density at radius 1 is 0.842 bits per heavy atom. The van der Waals surface area contributed by atoms with Gasteiger partial charge in [-0.05, 0) is 63.9 Å². The van der Waals surface area contributed by atoms with Gasteiger partial charge in [-0.1, -0.05) is 72.6 Å². The van der Waals surface area contributed by atoms with Gasteiger partial charge in [0.05, 0.1) is 10.6 Å². The zero-order valence-electron chi connectivity index (χ0n) is 22.7. The molecule has 0 unspecified atom stereocenters. The Balaban J connectivity index is 2.00. The first-order valence-corrected chi connectivity index (χ1v) is 14.3. The predicted octanol–water partition coefficient (Wildman–Crippen LogP) is 4.83. The third kappa shape index (κ3) is 7.22. The number of rotatable bonds is 11. The van der Waals surface area contributed by atoms with Crippen molar-refractivity contribution in [1.29, 1.82) is 0 Å². The van der Waals surface area contributed by atoms with Crippen molar-refractivity contribution in [3.05, 3.63) is 95.6 Å². The van der Waals surface area contributed by atoms with E-state index in [1.54, 1.807) is 55.5 Å². The Morgan fingerprint density at radius 3 is 1.95 bits per heavy atom. The van der Waals surface area contributed by atoms with E-state index < -0.39 is 28.5 Å². The zero-order chi connectivity index (χ0) is 27.9. The lowest BCUT2D eigenvalue weighted by molar-refractivity contribution is -0.139. The van der Waals surface area contributed by atoms with Crippen molar-refractivity contribution >= 4 is 27.5 Å². The van der Waals surface area contributed by atoms with E-state index in [2.05, 4.69) is 5.32 Å². The van der Waals surface area contributed by atoms with E-state index >= 15 is 0 Å². The molecule has 202 valence electrons. The van der Waals surface area contributed by atoms with Crippen molar-refractivity contribution in [2.45, 2.75) is 64.6 Å². The van der Waals surface area contributed by atoms with Crippen LogP contribution in [0.5, 0.6) is 0 Å². The number of sulfonamides is 1. The van der Waals surface area contributed by atoms with Gasteiger partial charge in [0.25, 0.3) is 10.0 Å². The molecule has 3 aromatic rings. The maximum Gasteiger partial charge on any atom is 0.264 e. The van der Waals surface area contributed by atoms with Crippen molar-refractivity contribution in [3.63, 3.8) is 0 Å². The molecule has 0 radical (unpaired) electrons. The van der Waals surface area contributed by atoms with Crippen LogP contribution in [0, 0.1) is 13.8 Å². The average Bonchev–Trinajstić information content (AvgIpc) is 2.91. The number of hydrogen-bond acceptors (Lipinski definition) is 4. The molecule has 1 N–H and O–H groups in total. The third-order valence-electron chi connectivity index (χ3n) is 6.57. The molecule has 0 fully saturated rings. The van der Waals surface area contributed by atoms with Crippen LogP contribution in [0.25, 0.3) is 0 Å². The van der Waals surface area contributed by atoms with Gasteiger partial charge >= 0.3 is 0 Å². The minimum atomic E-state index is -4.07. The van der Waals surface area contributed by atoms with Gasteiger partial charge < -0.3 is 10.2 Å². The van der Waals surface area contributed by atoms with E-state index in [1.165, 1.54) is 4.90 Å². The van der Waals surface area contributed by atoms with E-state index in [4.69, 9.17) is 0 Å². The van der Waals surface area contributed by atoms with Crippen LogP contribution >= 0.6 is 0 Å². The lowest BCUT2D eigenvalue weighted by atomic mass is 10.1. The minimum absolute atomic E-state index is 0.0513. The largest absolute Gasteiger partial charge is 0.352 e. The molecule has 8 heteroatoms. The number of benzene rings is 3. The van der Waals surface area contributed by atoms with E-state index in [-0.39, 0.29) is 23.4 Å². The van der Waals surface area contributed by atoms with Crippen LogP contribution < -0.4 is 9.62 Å². The third-order valence-corrected chi connectivity index (χ3v) is 8.36. The van der Waals surface area contributed by atoms with Crippen molar-refractivity contribution < 1.29 is 18.0 Å². The molecule has 0 saturated carbocycles. The first kappa shape index (κ1) is 28.9. The number of nitrogens with zero attached hydrogens (tertiary/aromatic N) is 2. The summed E-state index contributed by atoms with van der Waals surface area (Å²) in [5.41, 5.74) is 3.11. The molecular formula is C30H37N3O4S. The van der Waals surface area contributed by atoms with Gasteiger partial charge in [0.1, 0.15) is 12.6 Å². The molecule has 0 spiro atoms. The summed E-state index contributed by atoms with van der Waals surface area (Å²) in [6.07, 6.45) is 0.751. The van der Waals surface area contributed by atoms with E-state index in [9.17, 15) is 18.0 Å². The molecule has 0 bridgehead atoms. The molecule has 0 saturated heterocycles. The van der Waals surface area contributed by atoms with Gasteiger partial charge in [-0.25, -0.2) is 8.42 Å². The van der Waals surface area contributed by atoms with Crippen LogP contribution in [0.15, 0.2) is 83.8 Å². The van der Waals surface area contributed by atoms with Crippen LogP contribution in [0.1, 0.15) is 43.9 Å². The highest BCUT2D eigenvalue weighted by molar-refractivity contribution is 7.92. The van der Waals surface area contributed by atoms with Gasteiger partial charge in [0.15, 0.2) is 0 Å². The highest BCUT2D eigenvalue weighted by atomic mass is 32.2. The van der Waals surface area contributed by atoms with Crippen LogP contribution in [-0.4, -0.2) is 43.8 Å². The number of hydrogen-bond donors (Lipinski definition) is 1. The molecule has 0 heterocycles. The fraction of sp³-hybridized carbons (Fsp3) is 0.333.